The molecule has 1 atom stereocenters. The fourth-order valence-electron chi connectivity index (χ4n) is 2.69. The van der Waals surface area contributed by atoms with Crippen molar-refractivity contribution in [2.75, 3.05) is 16.6 Å². The number of carbonyl (C=O) groups is 2. The highest BCUT2D eigenvalue weighted by atomic mass is 32.2. The van der Waals surface area contributed by atoms with Gasteiger partial charge in [0.15, 0.2) is 0 Å². The molecule has 0 saturated heterocycles. The van der Waals surface area contributed by atoms with E-state index >= 15 is 0 Å². The Balaban J connectivity index is 2.22. The summed E-state index contributed by atoms with van der Waals surface area (Å²) in [5.74, 6) is -0.636. The Bertz CT molecular complexity index is 1100. The van der Waals surface area contributed by atoms with E-state index in [-0.39, 0.29) is 16.3 Å². The summed E-state index contributed by atoms with van der Waals surface area (Å²) in [6, 6.07) is 6.56. The second-order valence-electron chi connectivity index (χ2n) is 6.88. The van der Waals surface area contributed by atoms with E-state index in [0.717, 1.165) is 12.1 Å². The highest BCUT2D eigenvalue weighted by Crippen LogP contribution is 2.31. The summed E-state index contributed by atoms with van der Waals surface area (Å²) in [5, 5.41) is 7.33. The van der Waals surface area contributed by atoms with Crippen LogP contribution in [0.4, 0.5) is 29.3 Å². The van der Waals surface area contributed by atoms with Crippen LogP contribution in [0.25, 0.3) is 0 Å². The van der Waals surface area contributed by atoms with Crippen molar-refractivity contribution in [3.05, 3.63) is 53.6 Å². The number of aryl methyl sites for hydroxylation is 1. The largest absolute Gasteiger partial charge is 0.416 e. The summed E-state index contributed by atoms with van der Waals surface area (Å²) in [4.78, 5) is 23.4. The number of imide groups is 1. The number of carbonyl (C=O) groups excluding carboxylic acids is 2. The molecule has 3 amide bonds. The molecule has 0 aliphatic rings. The molecule has 0 aliphatic heterocycles. The first kappa shape index (κ1) is 25.0. The molecule has 0 aromatic heterocycles. The van der Waals surface area contributed by atoms with Crippen molar-refractivity contribution < 1.29 is 31.2 Å². The molecule has 2 aromatic rings. The number of urea groups is 1. The predicted octanol–water partition coefficient (Wildman–Crippen LogP) is 3.46. The lowest BCUT2D eigenvalue weighted by Gasteiger charge is -2.17. The van der Waals surface area contributed by atoms with Gasteiger partial charge in [-0.3, -0.25) is 14.8 Å². The van der Waals surface area contributed by atoms with Crippen LogP contribution in [0.3, 0.4) is 0 Å². The van der Waals surface area contributed by atoms with E-state index < -0.39 is 39.7 Å². The van der Waals surface area contributed by atoms with Crippen molar-refractivity contribution in [3.8, 4) is 0 Å². The fraction of sp³-hybridized carbons (Fsp3) is 0.300. The highest BCUT2D eigenvalue weighted by molar-refractivity contribution is 7.92. The number of sulfonamides is 1. The number of hydrogen-bond donors (Lipinski definition) is 4. The SMILES string of the molecule is CCNC(=O)NC(=O)[C@@H](C)Nc1ccc(C)c(S(=O)(=O)Nc2cccc(C(F)(F)F)c2)c1. The van der Waals surface area contributed by atoms with E-state index in [0.29, 0.717) is 18.2 Å². The maximum atomic E-state index is 12.9. The van der Waals surface area contributed by atoms with Crippen LogP contribution in [0, 0.1) is 6.92 Å². The van der Waals surface area contributed by atoms with Gasteiger partial charge in [-0.15, -0.1) is 0 Å². The molecule has 0 saturated carbocycles. The van der Waals surface area contributed by atoms with Crippen LogP contribution in [-0.4, -0.2) is 32.9 Å². The van der Waals surface area contributed by atoms with Crippen molar-refractivity contribution in [2.24, 2.45) is 0 Å². The lowest BCUT2D eigenvalue weighted by Crippen LogP contribution is -2.45. The number of rotatable bonds is 7. The first-order valence-electron chi connectivity index (χ1n) is 9.49. The van der Waals surface area contributed by atoms with Gasteiger partial charge in [-0.25, -0.2) is 13.2 Å². The van der Waals surface area contributed by atoms with Gasteiger partial charge < -0.3 is 10.6 Å². The van der Waals surface area contributed by atoms with E-state index in [2.05, 4.69) is 20.7 Å². The summed E-state index contributed by atoms with van der Waals surface area (Å²) in [7, 11) is -4.23. The molecule has 2 aromatic carbocycles. The maximum Gasteiger partial charge on any atom is 0.416 e. The van der Waals surface area contributed by atoms with Crippen LogP contribution in [0.1, 0.15) is 25.0 Å². The molecule has 8 nitrogen and oxygen atoms in total. The number of anilines is 2. The van der Waals surface area contributed by atoms with Crippen LogP contribution >= 0.6 is 0 Å². The molecule has 174 valence electrons. The third kappa shape index (κ3) is 6.61. The van der Waals surface area contributed by atoms with Gasteiger partial charge in [0.05, 0.1) is 10.5 Å². The van der Waals surface area contributed by atoms with Gasteiger partial charge in [0.2, 0.25) is 5.91 Å². The van der Waals surface area contributed by atoms with E-state index in [1.165, 1.54) is 38.1 Å². The maximum absolute atomic E-state index is 12.9. The van der Waals surface area contributed by atoms with Crippen molar-refractivity contribution in [1.82, 2.24) is 10.6 Å². The lowest BCUT2D eigenvalue weighted by atomic mass is 10.2. The van der Waals surface area contributed by atoms with E-state index in [1.807, 2.05) is 0 Å². The molecule has 0 spiro atoms. The Labute approximate surface area is 183 Å². The number of halogens is 3. The topological polar surface area (TPSA) is 116 Å². The molecule has 0 heterocycles. The highest BCUT2D eigenvalue weighted by Gasteiger charge is 2.31. The number of hydrogen-bond acceptors (Lipinski definition) is 5. The Hall–Kier alpha value is -3.28. The molecule has 12 heteroatoms. The van der Waals surface area contributed by atoms with Gasteiger partial charge in [0.1, 0.15) is 6.04 Å². The molecular weight excluding hydrogens is 449 g/mol. The first-order valence-corrected chi connectivity index (χ1v) is 11.0. The molecule has 4 N–H and O–H groups in total. The summed E-state index contributed by atoms with van der Waals surface area (Å²) < 4.78 is 66.5. The summed E-state index contributed by atoms with van der Waals surface area (Å²) in [6.07, 6.45) is -4.62. The molecule has 0 fully saturated rings. The second-order valence-corrected chi connectivity index (χ2v) is 8.53. The van der Waals surface area contributed by atoms with E-state index in [9.17, 15) is 31.2 Å². The molecule has 0 radical (unpaired) electrons. The molecule has 0 unspecified atom stereocenters. The van der Waals surface area contributed by atoms with Crippen molar-refractivity contribution in [2.45, 2.75) is 37.9 Å². The Morgan fingerprint density at radius 2 is 1.75 bits per heavy atom. The average molecular weight is 472 g/mol. The minimum atomic E-state index is -4.62. The summed E-state index contributed by atoms with van der Waals surface area (Å²) in [6.45, 7) is 5.02. The predicted molar refractivity (Wildman–Crippen MR) is 114 cm³/mol. The molecular formula is C20H23F3N4O4S. The zero-order chi connectivity index (χ0) is 24.1. The first-order chi connectivity index (χ1) is 14.8. The lowest BCUT2D eigenvalue weighted by molar-refractivity contribution is -0.137. The molecule has 0 aliphatic carbocycles. The van der Waals surface area contributed by atoms with Crippen molar-refractivity contribution >= 4 is 33.3 Å². The Morgan fingerprint density at radius 1 is 1.06 bits per heavy atom. The van der Waals surface area contributed by atoms with Crippen LogP contribution in [0.15, 0.2) is 47.4 Å². The third-order valence-electron chi connectivity index (χ3n) is 4.27. The number of amides is 3. The third-order valence-corrected chi connectivity index (χ3v) is 5.79. The zero-order valence-corrected chi connectivity index (χ0v) is 18.3. The minimum Gasteiger partial charge on any atom is -0.374 e. The fourth-order valence-corrected chi connectivity index (χ4v) is 4.01. The van der Waals surface area contributed by atoms with E-state index in [4.69, 9.17) is 0 Å². The average Bonchev–Trinajstić information content (AvgIpc) is 2.68. The van der Waals surface area contributed by atoms with E-state index in [1.54, 1.807) is 6.92 Å². The second kappa shape index (κ2) is 9.90. The standard InChI is InChI=1S/C20H23F3N4O4S/c1-4-24-19(29)26-18(28)13(3)25-15-9-8-12(2)17(11-15)32(30,31)27-16-7-5-6-14(10-16)20(21,22)23/h5-11,13,25,27H,4H2,1-3H3,(H2,24,26,28,29)/t13-/m1/s1. The normalized spacial score (nSPS) is 12.6. The van der Waals surface area contributed by atoms with Crippen LogP contribution in [0.2, 0.25) is 0 Å². The zero-order valence-electron chi connectivity index (χ0n) is 17.5. The van der Waals surface area contributed by atoms with Crippen LogP contribution in [-0.2, 0) is 21.0 Å². The van der Waals surface area contributed by atoms with Gasteiger partial charge in [-0.1, -0.05) is 12.1 Å². The van der Waals surface area contributed by atoms with Crippen molar-refractivity contribution in [3.63, 3.8) is 0 Å². The number of alkyl halides is 3. The van der Waals surface area contributed by atoms with Crippen LogP contribution in [0.5, 0.6) is 0 Å². The molecule has 32 heavy (non-hydrogen) atoms. The smallest absolute Gasteiger partial charge is 0.374 e. The van der Waals surface area contributed by atoms with Gasteiger partial charge in [0.25, 0.3) is 10.0 Å². The summed E-state index contributed by atoms with van der Waals surface area (Å²) in [5.41, 5.74) is -0.628. The van der Waals surface area contributed by atoms with Gasteiger partial charge in [-0.2, -0.15) is 13.2 Å². The monoisotopic (exact) mass is 472 g/mol. The van der Waals surface area contributed by atoms with Gasteiger partial charge >= 0.3 is 12.2 Å². The quantitative estimate of drug-likeness (QED) is 0.493. The Morgan fingerprint density at radius 3 is 2.38 bits per heavy atom. The summed E-state index contributed by atoms with van der Waals surface area (Å²) >= 11 is 0. The van der Waals surface area contributed by atoms with Gasteiger partial charge in [-0.05, 0) is 56.7 Å². The molecule has 0 bridgehead atoms. The Kier molecular flexibility index (Phi) is 7.73. The van der Waals surface area contributed by atoms with Crippen molar-refractivity contribution in [1.29, 1.82) is 0 Å². The minimum absolute atomic E-state index is 0.184. The number of nitrogens with one attached hydrogen (secondary N) is 4. The van der Waals surface area contributed by atoms with Gasteiger partial charge in [0, 0.05) is 17.9 Å². The number of benzene rings is 2. The van der Waals surface area contributed by atoms with Crippen LogP contribution < -0.4 is 20.7 Å². The molecule has 2 rings (SSSR count).